The maximum absolute atomic E-state index is 12.2. The Kier molecular flexibility index (Phi) is 4.40. The Labute approximate surface area is 145 Å². The summed E-state index contributed by atoms with van der Waals surface area (Å²) in [5.41, 5.74) is 1.36. The summed E-state index contributed by atoms with van der Waals surface area (Å²) >= 11 is 1.81. The molecule has 24 heavy (non-hydrogen) atoms. The highest BCUT2D eigenvalue weighted by atomic mass is 32.1. The number of nitrogens with zero attached hydrogens (tertiary/aromatic N) is 1. The monoisotopic (exact) mass is 344 g/mol. The fourth-order valence-electron chi connectivity index (χ4n) is 3.09. The molecule has 1 amide bonds. The Morgan fingerprint density at radius 2 is 2.17 bits per heavy atom. The van der Waals surface area contributed by atoms with Crippen LogP contribution in [0.5, 0.6) is 11.5 Å². The van der Waals surface area contributed by atoms with Crippen LogP contribution in [-0.2, 0) is 17.8 Å². The summed E-state index contributed by atoms with van der Waals surface area (Å²) in [7, 11) is 0. The number of benzene rings is 1. The third-order valence-corrected chi connectivity index (χ3v) is 5.37. The summed E-state index contributed by atoms with van der Waals surface area (Å²) < 4.78 is 11.5. The molecule has 4 rings (SSSR count). The Morgan fingerprint density at radius 1 is 1.29 bits per heavy atom. The fourth-order valence-corrected chi connectivity index (χ4v) is 3.98. The van der Waals surface area contributed by atoms with Crippen LogP contribution in [0.4, 0.5) is 0 Å². The van der Waals surface area contributed by atoms with Crippen molar-refractivity contribution >= 4 is 17.2 Å². The second-order valence-corrected chi connectivity index (χ2v) is 7.13. The number of rotatable bonds is 4. The van der Waals surface area contributed by atoms with Gasteiger partial charge in [0.15, 0.2) is 11.5 Å². The SMILES string of the molecule is O=C(CN1CCc2sccc2C1)NC[C@@H]1COc2ccccc2O1. The number of para-hydroxylation sites is 2. The van der Waals surface area contributed by atoms with E-state index in [1.54, 1.807) is 0 Å². The van der Waals surface area contributed by atoms with E-state index in [4.69, 9.17) is 9.47 Å². The molecule has 6 heteroatoms. The summed E-state index contributed by atoms with van der Waals surface area (Å²) in [6.45, 7) is 3.16. The molecule has 3 heterocycles. The zero-order valence-electron chi connectivity index (χ0n) is 13.4. The summed E-state index contributed by atoms with van der Waals surface area (Å²) in [5.74, 6) is 1.54. The molecule has 2 aromatic rings. The van der Waals surface area contributed by atoms with Gasteiger partial charge in [-0.2, -0.15) is 0 Å². The first-order valence-electron chi connectivity index (χ1n) is 8.21. The van der Waals surface area contributed by atoms with Crippen molar-refractivity contribution in [3.8, 4) is 11.5 Å². The quantitative estimate of drug-likeness (QED) is 0.922. The van der Waals surface area contributed by atoms with Crippen molar-refractivity contribution in [2.24, 2.45) is 0 Å². The Balaban J connectivity index is 1.24. The van der Waals surface area contributed by atoms with Crippen LogP contribution in [0.2, 0.25) is 0 Å². The molecule has 1 N–H and O–H groups in total. The number of hydrogen-bond donors (Lipinski definition) is 1. The van der Waals surface area contributed by atoms with Gasteiger partial charge < -0.3 is 14.8 Å². The standard InChI is InChI=1S/C18H20N2O3S/c21-18(11-20-7-5-17-13(10-20)6-8-24-17)19-9-14-12-22-15-3-1-2-4-16(15)23-14/h1-4,6,8,14H,5,7,9-12H2,(H,19,21)/t14-/m1/s1. The number of carbonyl (C=O) groups excluding carboxylic acids is 1. The van der Waals surface area contributed by atoms with Gasteiger partial charge in [-0.3, -0.25) is 9.69 Å². The van der Waals surface area contributed by atoms with Gasteiger partial charge in [0.2, 0.25) is 5.91 Å². The van der Waals surface area contributed by atoms with Crippen LogP contribution in [0.15, 0.2) is 35.7 Å². The van der Waals surface area contributed by atoms with Crippen LogP contribution in [0.3, 0.4) is 0 Å². The largest absolute Gasteiger partial charge is 0.486 e. The average Bonchev–Trinajstić information content (AvgIpc) is 3.07. The lowest BCUT2D eigenvalue weighted by molar-refractivity contribution is -0.123. The number of ether oxygens (including phenoxy) is 2. The van der Waals surface area contributed by atoms with Crippen molar-refractivity contribution in [3.63, 3.8) is 0 Å². The molecular formula is C18H20N2O3S. The molecule has 0 aliphatic carbocycles. The predicted octanol–water partition coefficient (Wildman–Crippen LogP) is 2.06. The molecule has 5 nitrogen and oxygen atoms in total. The molecule has 0 saturated heterocycles. The first-order chi connectivity index (χ1) is 11.8. The van der Waals surface area contributed by atoms with E-state index in [1.165, 1.54) is 10.4 Å². The van der Waals surface area contributed by atoms with Gasteiger partial charge in [-0.15, -0.1) is 11.3 Å². The summed E-state index contributed by atoms with van der Waals surface area (Å²) in [5, 5.41) is 5.10. The molecular weight excluding hydrogens is 324 g/mol. The van der Waals surface area contributed by atoms with Gasteiger partial charge in [0.1, 0.15) is 12.7 Å². The van der Waals surface area contributed by atoms with E-state index in [0.29, 0.717) is 19.7 Å². The van der Waals surface area contributed by atoms with Crippen LogP contribution >= 0.6 is 11.3 Å². The van der Waals surface area contributed by atoms with E-state index in [0.717, 1.165) is 31.0 Å². The molecule has 0 fully saturated rings. The zero-order chi connectivity index (χ0) is 16.4. The first-order valence-corrected chi connectivity index (χ1v) is 9.08. The van der Waals surface area contributed by atoms with Crippen LogP contribution in [-0.4, -0.2) is 43.2 Å². The van der Waals surface area contributed by atoms with Crippen molar-refractivity contribution in [2.75, 3.05) is 26.2 Å². The second kappa shape index (κ2) is 6.83. The highest BCUT2D eigenvalue weighted by molar-refractivity contribution is 7.10. The molecule has 2 aliphatic heterocycles. The van der Waals surface area contributed by atoms with E-state index in [9.17, 15) is 4.79 Å². The molecule has 1 atom stereocenters. The van der Waals surface area contributed by atoms with Gasteiger partial charge in [-0.25, -0.2) is 0 Å². The Bertz CT molecular complexity index is 731. The van der Waals surface area contributed by atoms with Gasteiger partial charge in [0.05, 0.1) is 13.1 Å². The van der Waals surface area contributed by atoms with E-state index in [-0.39, 0.29) is 12.0 Å². The van der Waals surface area contributed by atoms with Crippen LogP contribution in [0.1, 0.15) is 10.4 Å². The summed E-state index contributed by atoms with van der Waals surface area (Å²) in [6, 6.07) is 9.77. The van der Waals surface area contributed by atoms with Crippen LogP contribution in [0.25, 0.3) is 0 Å². The predicted molar refractivity (Wildman–Crippen MR) is 92.7 cm³/mol. The Hall–Kier alpha value is -2.05. The first kappa shape index (κ1) is 15.5. The normalized spacial score (nSPS) is 19.6. The maximum atomic E-state index is 12.2. The molecule has 1 aromatic heterocycles. The summed E-state index contributed by atoms with van der Waals surface area (Å²) in [6.07, 6.45) is 0.894. The average molecular weight is 344 g/mol. The number of amides is 1. The lowest BCUT2D eigenvalue weighted by Crippen LogP contribution is -2.45. The lowest BCUT2D eigenvalue weighted by Gasteiger charge is -2.28. The second-order valence-electron chi connectivity index (χ2n) is 6.13. The van der Waals surface area contributed by atoms with E-state index < -0.39 is 0 Å². The van der Waals surface area contributed by atoms with Gasteiger partial charge in [-0.1, -0.05) is 12.1 Å². The lowest BCUT2D eigenvalue weighted by atomic mass is 10.1. The third kappa shape index (κ3) is 3.39. The molecule has 1 aromatic carbocycles. The summed E-state index contributed by atoms with van der Waals surface area (Å²) in [4.78, 5) is 15.9. The topological polar surface area (TPSA) is 50.8 Å². The molecule has 2 aliphatic rings. The van der Waals surface area contributed by atoms with Crippen molar-refractivity contribution < 1.29 is 14.3 Å². The number of thiophene rings is 1. The van der Waals surface area contributed by atoms with Gasteiger partial charge in [0, 0.05) is 18.0 Å². The molecule has 0 bridgehead atoms. The number of nitrogens with one attached hydrogen (secondary N) is 1. The van der Waals surface area contributed by atoms with Gasteiger partial charge in [-0.05, 0) is 35.6 Å². The number of fused-ring (bicyclic) bond motifs is 2. The van der Waals surface area contributed by atoms with Crippen molar-refractivity contribution in [3.05, 3.63) is 46.2 Å². The smallest absolute Gasteiger partial charge is 0.234 e. The third-order valence-electron chi connectivity index (χ3n) is 4.35. The minimum absolute atomic E-state index is 0.0381. The van der Waals surface area contributed by atoms with Crippen molar-refractivity contribution in [2.45, 2.75) is 19.1 Å². The molecule has 126 valence electrons. The van der Waals surface area contributed by atoms with Crippen LogP contribution < -0.4 is 14.8 Å². The Morgan fingerprint density at radius 3 is 3.08 bits per heavy atom. The minimum atomic E-state index is -0.145. The minimum Gasteiger partial charge on any atom is -0.486 e. The van der Waals surface area contributed by atoms with Gasteiger partial charge >= 0.3 is 0 Å². The zero-order valence-corrected chi connectivity index (χ0v) is 14.2. The number of hydrogen-bond acceptors (Lipinski definition) is 5. The van der Waals surface area contributed by atoms with Crippen molar-refractivity contribution in [1.29, 1.82) is 0 Å². The molecule has 0 saturated carbocycles. The molecule has 0 spiro atoms. The van der Waals surface area contributed by atoms with E-state index >= 15 is 0 Å². The number of carbonyl (C=O) groups is 1. The van der Waals surface area contributed by atoms with E-state index in [2.05, 4.69) is 21.7 Å². The molecule has 0 unspecified atom stereocenters. The van der Waals surface area contributed by atoms with Gasteiger partial charge in [0.25, 0.3) is 0 Å². The molecule has 0 radical (unpaired) electrons. The highest BCUT2D eigenvalue weighted by Crippen LogP contribution is 2.30. The van der Waals surface area contributed by atoms with Crippen molar-refractivity contribution in [1.82, 2.24) is 10.2 Å². The maximum Gasteiger partial charge on any atom is 0.234 e. The van der Waals surface area contributed by atoms with E-state index in [1.807, 2.05) is 35.6 Å². The highest BCUT2D eigenvalue weighted by Gasteiger charge is 2.22. The van der Waals surface area contributed by atoms with Crippen LogP contribution in [0, 0.1) is 0 Å². The fraction of sp³-hybridized carbons (Fsp3) is 0.389.